The van der Waals surface area contributed by atoms with Crippen molar-refractivity contribution in [2.75, 3.05) is 7.05 Å². The van der Waals surface area contributed by atoms with E-state index in [0.29, 0.717) is 11.3 Å². The first-order chi connectivity index (χ1) is 7.11. The van der Waals surface area contributed by atoms with Crippen molar-refractivity contribution in [2.45, 2.75) is 13.8 Å². The van der Waals surface area contributed by atoms with Crippen molar-refractivity contribution in [3.63, 3.8) is 0 Å². The molecule has 0 atom stereocenters. The van der Waals surface area contributed by atoms with Crippen molar-refractivity contribution < 1.29 is 0 Å². The molecule has 2 rings (SSSR count). The fourth-order valence-electron chi connectivity index (χ4n) is 1.40. The molecule has 0 aliphatic rings. The van der Waals surface area contributed by atoms with Crippen LogP contribution in [0.4, 0.5) is 0 Å². The van der Waals surface area contributed by atoms with Gasteiger partial charge in [-0.2, -0.15) is 4.98 Å². The van der Waals surface area contributed by atoms with Crippen molar-refractivity contribution in [3.05, 3.63) is 23.2 Å². The summed E-state index contributed by atoms with van der Waals surface area (Å²) in [4.78, 5) is 17.2. The highest BCUT2D eigenvalue weighted by atomic mass is 15.1. The van der Waals surface area contributed by atoms with Crippen molar-refractivity contribution in [1.29, 1.82) is 0 Å². The highest BCUT2D eigenvalue weighted by Gasteiger charge is 2.03. The van der Waals surface area contributed by atoms with Crippen molar-refractivity contribution >= 4 is 11.2 Å². The standard InChI is InChI=1S/C10H13N5/c1-6-7(2)13-9-8(12-6)5-15(4)10(11-3)14-9/h5H,1-4H3. The zero-order valence-electron chi connectivity index (χ0n) is 9.31. The number of nitrogens with zero attached hydrogens (tertiary/aromatic N) is 5. The predicted octanol–water partition coefficient (Wildman–Crippen LogP) is 0.511. The van der Waals surface area contributed by atoms with Gasteiger partial charge in [-0.15, -0.1) is 0 Å². The molecule has 2 aromatic heterocycles. The number of fused-ring (bicyclic) bond motifs is 1. The lowest BCUT2D eigenvalue weighted by molar-refractivity contribution is 0.782. The van der Waals surface area contributed by atoms with Crippen molar-refractivity contribution in [2.24, 2.45) is 12.0 Å². The van der Waals surface area contributed by atoms with E-state index in [9.17, 15) is 0 Å². The highest BCUT2D eigenvalue weighted by molar-refractivity contribution is 5.68. The Morgan fingerprint density at radius 1 is 1.13 bits per heavy atom. The van der Waals surface area contributed by atoms with E-state index < -0.39 is 0 Å². The van der Waals surface area contributed by atoms with Gasteiger partial charge < -0.3 is 4.57 Å². The molecule has 0 saturated heterocycles. The molecule has 2 aromatic rings. The van der Waals surface area contributed by atoms with Crippen LogP contribution in [0.2, 0.25) is 0 Å². The average Bonchev–Trinajstić information content (AvgIpc) is 2.20. The summed E-state index contributed by atoms with van der Waals surface area (Å²) < 4.78 is 1.84. The summed E-state index contributed by atoms with van der Waals surface area (Å²) in [5.41, 5.74) is 3.95. The Balaban J connectivity index is 2.89. The molecule has 2 heterocycles. The summed E-state index contributed by atoms with van der Waals surface area (Å²) in [7, 11) is 3.61. The van der Waals surface area contributed by atoms with Gasteiger partial charge in [0.25, 0.3) is 0 Å². The van der Waals surface area contributed by atoms with Crippen LogP contribution in [0.1, 0.15) is 11.4 Å². The molecule has 0 saturated carbocycles. The molecule has 0 radical (unpaired) electrons. The SMILES string of the molecule is CN=c1nc2nc(C)c(C)nc2cn1C. The van der Waals surface area contributed by atoms with Crippen LogP contribution in [0.3, 0.4) is 0 Å². The second-order valence-corrected chi connectivity index (χ2v) is 3.48. The maximum absolute atomic E-state index is 4.42. The van der Waals surface area contributed by atoms with Crippen LogP contribution in [0, 0.1) is 13.8 Å². The number of hydrogen-bond donors (Lipinski definition) is 0. The minimum atomic E-state index is 0.650. The van der Waals surface area contributed by atoms with E-state index in [4.69, 9.17) is 0 Å². The molecule has 0 aliphatic carbocycles. The highest BCUT2D eigenvalue weighted by Crippen LogP contribution is 2.06. The van der Waals surface area contributed by atoms with Gasteiger partial charge in [-0.1, -0.05) is 0 Å². The molecule has 0 unspecified atom stereocenters. The molecule has 78 valence electrons. The molecule has 15 heavy (non-hydrogen) atoms. The first kappa shape index (κ1) is 9.76. The molecule has 0 bridgehead atoms. The quantitative estimate of drug-likeness (QED) is 0.627. The molecular formula is C10H13N5. The molecular weight excluding hydrogens is 190 g/mol. The average molecular weight is 203 g/mol. The Hall–Kier alpha value is -1.78. The maximum Gasteiger partial charge on any atom is 0.226 e. The summed E-state index contributed by atoms with van der Waals surface area (Å²) in [6, 6.07) is 0. The van der Waals surface area contributed by atoms with E-state index in [1.165, 1.54) is 0 Å². The Morgan fingerprint density at radius 3 is 2.47 bits per heavy atom. The lowest BCUT2D eigenvalue weighted by Gasteiger charge is -2.03. The molecule has 0 spiro atoms. The van der Waals surface area contributed by atoms with Gasteiger partial charge in [0.05, 0.1) is 11.4 Å². The number of aryl methyl sites for hydroxylation is 3. The van der Waals surface area contributed by atoms with E-state index in [2.05, 4.69) is 19.9 Å². The zero-order chi connectivity index (χ0) is 11.0. The summed E-state index contributed by atoms with van der Waals surface area (Å²) in [5, 5.41) is 0. The fourth-order valence-corrected chi connectivity index (χ4v) is 1.40. The second-order valence-electron chi connectivity index (χ2n) is 3.48. The van der Waals surface area contributed by atoms with Gasteiger partial charge in [0.1, 0.15) is 5.52 Å². The summed E-state index contributed by atoms with van der Waals surface area (Å²) in [5.74, 6) is 0. The third kappa shape index (κ3) is 1.60. The molecule has 5 nitrogen and oxygen atoms in total. The van der Waals surface area contributed by atoms with Crippen molar-refractivity contribution in [3.8, 4) is 0 Å². The smallest absolute Gasteiger partial charge is 0.226 e. The van der Waals surface area contributed by atoms with Gasteiger partial charge in [0.2, 0.25) is 5.62 Å². The van der Waals surface area contributed by atoms with E-state index >= 15 is 0 Å². The first-order valence-electron chi connectivity index (χ1n) is 4.73. The van der Waals surface area contributed by atoms with Crippen molar-refractivity contribution in [1.82, 2.24) is 19.5 Å². The van der Waals surface area contributed by atoms with E-state index in [-0.39, 0.29) is 0 Å². The number of aromatic nitrogens is 4. The van der Waals surface area contributed by atoms with Gasteiger partial charge in [-0.05, 0) is 13.8 Å². The van der Waals surface area contributed by atoms with E-state index in [1.807, 2.05) is 31.7 Å². The summed E-state index contributed by atoms with van der Waals surface area (Å²) >= 11 is 0. The Kier molecular flexibility index (Phi) is 2.22. The van der Waals surface area contributed by atoms with Gasteiger partial charge >= 0.3 is 0 Å². The van der Waals surface area contributed by atoms with Crippen LogP contribution in [0.25, 0.3) is 11.2 Å². The minimum absolute atomic E-state index is 0.650. The van der Waals surface area contributed by atoms with Crippen LogP contribution in [-0.2, 0) is 7.05 Å². The number of hydrogen-bond acceptors (Lipinski definition) is 4. The first-order valence-corrected chi connectivity index (χ1v) is 4.73. The summed E-state index contributed by atoms with van der Waals surface area (Å²) in [6.07, 6.45) is 1.89. The van der Waals surface area contributed by atoms with Crippen LogP contribution >= 0.6 is 0 Å². The fraction of sp³-hybridized carbons (Fsp3) is 0.400. The monoisotopic (exact) mass is 203 g/mol. The van der Waals surface area contributed by atoms with Crippen LogP contribution in [0.5, 0.6) is 0 Å². The Labute approximate surface area is 87.6 Å². The molecule has 0 fully saturated rings. The van der Waals surface area contributed by atoms with Gasteiger partial charge in [-0.25, -0.2) is 9.97 Å². The van der Waals surface area contributed by atoms with Gasteiger partial charge in [0.15, 0.2) is 5.65 Å². The van der Waals surface area contributed by atoms with E-state index in [1.54, 1.807) is 7.05 Å². The molecule has 0 N–H and O–H groups in total. The third-order valence-corrected chi connectivity index (χ3v) is 2.35. The molecule has 0 aliphatic heterocycles. The van der Waals surface area contributed by atoms with E-state index in [0.717, 1.165) is 16.9 Å². The maximum atomic E-state index is 4.42. The molecule has 5 heteroatoms. The topological polar surface area (TPSA) is 56.0 Å². The van der Waals surface area contributed by atoms with Gasteiger partial charge in [-0.3, -0.25) is 4.99 Å². The largest absolute Gasteiger partial charge is 0.318 e. The minimum Gasteiger partial charge on any atom is -0.318 e. The lowest BCUT2D eigenvalue weighted by atomic mass is 10.3. The van der Waals surface area contributed by atoms with Gasteiger partial charge in [0, 0.05) is 20.3 Å². The second kappa shape index (κ2) is 3.42. The molecule has 0 amide bonds. The predicted molar refractivity (Wildman–Crippen MR) is 57.3 cm³/mol. The Bertz CT molecular complexity index is 582. The van der Waals surface area contributed by atoms with Crippen LogP contribution in [0.15, 0.2) is 11.2 Å². The number of rotatable bonds is 0. The van der Waals surface area contributed by atoms with Crippen LogP contribution in [-0.4, -0.2) is 26.6 Å². The molecule has 0 aromatic carbocycles. The normalized spacial score (nSPS) is 12.4. The Morgan fingerprint density at radius 2 is 1.80 bits per heavy atom. The zero-order valence-corrected chi connectivity index (χ0v) is 9.31. The summed E-state index contributed by atoms with van der Waals surface area (Å²) in [6.45, 7) is 3.87. The van der Waals surface area contributed by atoms with Crippen LogP contribution < -0.4 is 5.62 Å². The third-order valence-electron chi connectivity index (χ3n) is 2.35. The lowest BCUT2D eigenvalue weighted by Crippen LogP contribution is -2.21.